The number of rotatable bonds is 5. The number of nitrogens with one attached hydrogen (secondary N) is 1. The van der Waals surface area contributed by atoms with Gasteiger partial charge in [0.25, 0.3) is 0 Å². The summed E-state index contributed by atoms with van der Waals surface area (Å²) in [6.45, 7) is 15.8. The van der Waals surface area contributed by atoms with E-state index in [0.29, 0.717) is 6.04 Å². The first kappa shape index (κ1) is 13.0. The van der Waals surface area contributed by atoms with Crippen molar-refractivity contribution in [2.75, 3.05) is 0 Å². The standard InChI is InChI=1S/C12H22N2/c1-9(2)14-11(4)8-7-10(3)12(5,6)13/h7-9,14H,3-4,13H2,1-2,5-6H3/b8-7-. The van der Waals surface area contributed by atoms with Crippen LogP contribution in [0, 0.1) is 0 Å². The van der Waals surface area contributed by atoms with Crippen molar-refractivity contribution in [3.8, 4) is 0 Å². The average molecular weight is 194 g/mol. The summed E-state index contributed by atoms with van der Waals surface area (Å²) in [7, 11) is 0. The largest absolute Gasteiger partial charge is 0.383 e. The highest BCUT2D eigenvalue weighted by Crippen LogP contribution is 2.11. The Balaban J connectivity index is 4.19. The molecule has 0 rings (SSSR count). The summed E-state index contributed by atoms with van der Waals surface area (Å²) in [6.07, 6.45) is 3.80. The Hall–Kier alpha value is -1.02. The first-order valence-electron chi connectivity index (χ1n) is 4.85. The molecule has 0 spiro atoms. The lowest BCUT2D eigenvalue weighted by atomic mass is 9.96. The molecule has 0 aromatic heterocycles. The summed E-state index contributed by atoms with van der Waals surface area (Å²) in [5.74, 6) is 0. The predicted octanol–water partition coefficient (Wildman–Crippen LogP) is 2.35. The van der Waals surface area contributed by atoms with Crippen LogP contribution >= 0.6 is 0 Å². The van der Waals surface area contributed by atoms with Gasteiger partial charge in [-0.3, -0.25) is 0 Å². The Morgan fingerprint density at radius 1 is 1.29 bits per heavy atom. The van der Waals surface area contributed by atoms with E-state index >= 15 is 0 Å². The highest BCUT2D eigenvalue weighted by atomic mass is 14.9. The minimum Gasteiger partial charge on any atom is -0.383 e. The number of hydrogen-bond acceptors (Lipinski definition) is 2. The van der Waals surface area contributed by atoms with Gasteiger partial charge in [-0.1, -0.05) is 19.2 Å². The lowest BCUT2D eigenvalue weighted by Gasteiger charge is -2.19. The van der Waals surface area contributed by atoms with Crippen molar-refractivity contribution in [2.24, 2.45) is 5.73 Å². The number of hydrogen-bond donors (Lipinski definition) is 2. The first-order chi connectivity index (χ1) is 6.23. The lowest BCUT2D eigenvalue weighted by molar-refractivity contribution is 0.627. The summed E-state index contributed by atoms with van der Waals surface area (Å²) in [5, 5.41) is 3.19. The fourth-order valence-electron chi connectivity index (χ4n) is 0.835. The van der Waals surface area contributed by atoms with Crippen LogP contribution < -0.4 is 11.1 Å². The fraction of sp³-hybridized carbons (Fsp3) is 0.500. The lowest BCUT2D eigenvalue weighted by Crippen LogP contribution is -2.33. The van der Waals surface area contributed by atoms with Crippen molar-refractivity contribution < 1.29 is 0 Å². The Kier molecular flexibility index (Phi) is 4.64. The Labute approximate surface area is 87.6 Å². The number of nitrogens with two attached hydrogens (primary N) is 1. The summed E-state index contributed by atoms with van der Waals surface area (Å²) < 4.78 is 0. The third kappa shape index (κ3) is 5.60. The second-order valence-corrected chi connectivity index (χ2v) is 4.40. The molecular formula is C12H22N2. The Morgan fingerprint density at radius 3 is 2.14 bits per heavy atom. The van der Waals surface area contributed by atoms with Gasteiger partial charge < -0.3 is 11.1 Å². The van der Waals surface area contributed by atoms with Crippen LogP contribution in [-0.4, -0.2) is 11.6 Å². The van der Waals surface area contributed by atoms with Gasteiger partial charge >= 0.3 is 0 Å². The van der Waals surface area contributed by atoms with Crippen LogP contribution in [0.1, 0.15) is 27.7 Å². The maximum Gasteiger partial charge on any atom is 0.0346 e. The third-order valence-corrected chi connectivity index (χ3v) is 1.79. The van der Waals surface area contributed by atoms with Crippen LogP contribution in [0.25, 0.3) is 0 Å². The smallest absolute Gasteiger partial charge is 0.0346 e. The van der Waals surface area contributed by atoms with E-state index in [-0.39, 0.29) is 5.54 Å². The van der Waals surface area contributed by atoms with Crippen molar-refractivity contribution >= 4 is 0 Å². The van der Waals surface area contributed by atoms with Crippen LogP contribution in [0.15, 0.2) is 36.6 Å². The van der Waals surface area contributed by atoms with E-state index in [0.717, 1.165) is 11.3 Å². The maximum absolute atomic E-state index is 5.87. The molecule has 0 fully saturated rings. The minimum absolute atomic E-state index is 0.366. The van der Waals surface area contributed by atoms with E-state index in [1.165, 1.54) is 0 Å². The summed E-state index contributed by atoms with van der Waals surface area (Å²) >= 11 is 0. The van der Waals surface area contributed by atoms with Gasteiger partial charge in [0.1, 0.15) is 0 Å². The van der Waals surface area contributed by atoms with E-state index in [2.05, 4.69) is 32.3 Å². The van der Waals surface area contributed by atoms with Crippen LogP contribution in [0.5, 0.6) is 0 Å². The average Bonchev–Trinajstić information content (AvgIpc) is 1.96. The summed E-state index contributed by atoms with van der Waals surface area (Å²) in [4.78, 5) is 0. The molecule has 3 N–H and O–H groups in total. The van der Waals surface area contributed by atoms with Gasteiger partial charge in [-0.25, -0.2) is 0 Å². The molecule has 0 aromatic carbocycles. The molecule has 2 heteroatoms. The highest BCUT2D eigenvalue weighted by Gasteiger charge is 2.11. The van der Waals surface area contributed by atoms with Crippen LogP contribution in [0.4, 0.5) is 0 Å². The molecule has 0 aliphatic heterocycles. The Morgan fingerprint density at radius 2 is 1.79 bits per heavy atom. The van der Waals surface area contributed by atoms with Gasteiger partial charge in [0.15, 0.2) is 0 Å². The molecular weight excluding hydrogens is 172 g/mol. The topological polar surface area (TPSA) is 38.0 Å². The van der Waals surface area contributed by atoms with E-state index < -0.39 is 0 Å². The highest BCUT2D eigenvalue weighted by molar-refractivity contribution is 5.29. The zero-order valence-electron chi connectivity index (χ0n) is 9.72. The molecule has 0 saturated heterocycles. The molecule has 80 valence electrons. The van der Waals surface area contributed by atoms with Crippen molar-refractivity contribution in [3.63, 3.8) is 0 Å². The molecule has 0 atom stereocenters. The summed E-state index contributed by atoms with van der Waals surface area (Å²) in [6, 6.07) is 0.395. The molecule has 0 amide bonds. The molecule has 0 radical (unpaired) electrons. The van der Waals surface area contributed by atoms with Gasteiger partial charge in [0.2, 0.25) is 0 Å². The zero-order valence-corrected chi connectivity index (χ0v) is 9.72. The second kappa shape index (κ2) is 5.01. The van der Waals surface area contributed by atoms with E-state index in [1.54, 1.807) is 0 Å². The van der Waals surface area contributed by atoms with Gasteiger partial charge in [-0.05, 0) is 39.3 Å². The first-order valence-corrected chi connectivity index (χ1v) is 4.85. The van der Waals surface area contributed by atoms with E-state index in [1.807, 2.05) is 26.0 Å². The van der Waals surface area contributed by atoms with Crippen molar-refractivity contribution in [3.05, 3.63) is 36.6 Å². The molecule has 0 unspecified atom stereocenters. The zero-order chi connectivity index (χ0) is 11.4. The van der Waals surface area contributed by atoms with Crippen LogP contribution in [0.2, 0.25) is 0 Å². The molecule has 0 aliphatic carbocycles. The molecule has 2 nitrogen and oxygen atoms in total. The van der Waals surface area contributed by atoms with Crippen molar-refractivity contribution in [2.45, 2.75) is 39.3 Å². The molecule has 0 heterocycles. The van der Waals surface area contributed by atoms with Gasteiger partial charge in [-0.15, -0.1) is 0 Å². The molecule has 0 bridgehead atoms. The monoisotopic (exact) mass is 194 g/mol. The van der Waals surface area contributed by atoms with E-state index in [4.69, 9.17) is 5.73 Å². The quantitative estimate of drug-likeness (QED) is 0.659. The van der Waals surface area contributed by atoms with Crippen LogP contribution in [0.3, 0.4) is 0 Å². The SMILES string of the molecule is C=C(/C=C\C(=C)C(C)(C)N)NC(C)C. The fourth-order valence-corrected chi connectivity index (χ4v) is 0.835. The predicted molar refractivity (Wildman–Crippen MR) is 64.0 cm³/mol. The van der Waals surface area contributed by atoms with Gasteiger partial charge in [-0.2, -0.15) is 0 Å². The van der Waals surface area contributed by atoms with E-state index in [9.17, 15) is 0 Å². The second-order valence-electron chi connectivity index (χ2n) is 4.40. The molecule has 14 heavy (non-hydrogen) atoms. The Bertz CT molecular complexity index is 242. The molecule has 0 saturated carbocycles. The normalized spacial score (nSPS) is 12.1. The number of allylic oxidation sites excluding steroid dienone is 1. The third-order valence-electron chi connectivity index (χ3n) is 1.79. The summed E-state index contributed by atoms with van der Waals surface area (Å²) in [5.41, 5.74) is 7.27. The van der Waals surface area contributed by atoms with Crippen LogP contribution in [-0.2, 0) is 0 Å². The van der Waals surface area contributed by atoms with Crippen molar-refractivity contribution in [1.29, 1.82) is 0 Å². The molecule has 0 aromatic rings. The molecule has 0 aliphatic rings. The van der Waals surface area contributed by atoms with Crippen molar-refractivity contribution in [1.82, 2.24) is 5.32 Å². The minimum atomic E-state index is -0.366. The maximum atomic E-state index is 5.87. The van der Waals surface area contributed by atoms with Gasteiger partial charge in [0.05, 0.1) is 0 Å². The van der Waals surface area contributed by atoms with Gasteiger partial charge in [0, 0.05) is 17.3 Å².